The van der Waals surface area contributed by atoms with Crippen molar-refractivity contribution in [2.75, 3.05) is 41.8 Å². The summed E-state index contributed by atoms with van der Waals surface area (Å²) in [6.45, 7) is 3.07. The van der Waals surface area contributed by atoms with E-state index in [1.807, 2.05) is 37.2 Å². The van der Waals surface area contributed by atoms with Gasteiger partial charge >= 0.3 is 0 Å². The third kappa shape index (κ3) is 4.99. The highest BCUT2D eigenvalue weighted by atomic mass is 16.4. The molecule has 0 atom stereocenters. The maximum Gasteiger partial charge on any atom is 0.297 e. The zero-order valence-corrected chi connectivity index (χ0v) is 20.1. The van der Waals surface area contributed by atoms with E-state index >= 15 is 0 Å². The zero-order valence-electron chi connectivity index (χ0n) is 20.1. The van der Waals surface area contributed by atoms with Gasteiger partial charge < -0.3 is 30.2 Å². The molecule has 12 heteroatoms. The van der Waals surface area contributed by atoms with Crippen LogP contribution in [-0.2, 0) is 7.05 Å². The van der Waals surface area contributed by atoms with Crippen LogP contribution in [0.2, 0.25) is 0 Å². The third-order valence-electron chi connectivity index (χ3n) is 6.13. The van der Waals surface area contributed by atoms with E-state index < -0.39 is 11.5 Å². The highest BCUT2D eigenvalue weighted by molar-refractivity contribution is 6.08. The monoisotopic (exact) mass is 492 g/mol. The van der Waals surface area contributed by atoms with Crippen LogP contribution in [0.15, 0.2) is 41.1 Å². The number of piperidine rings is 1. The predicted molar refractivity (Wildman–Crippen MR) is 134 cm³/mol. The van der Waals surface area contributed by atoms with Crippen molar-refractivity contribution in [3.63, 3.8) is 0 Å². The fourth-order valence-corrected chi connectivity index (χ4v) is 4.10. The lowest BCUT2D eigenvalue weighted by Gasteiger charge is -2.37. The number of anilines is 3. The minimum atomic E-state index is -0.755. The Hall–Kier alpha value is -4.03. The summed E-state index contributed by atoms with van der Waals surface area (Å²) in [7, 11) is 1.83. The van der Waals surface area contributed by atoms with Gasteiger partial charge in [0.1, 0.15) is 11.6 Å². The predicted octanol–water partition coefficient (Wildman–Crippen LogP) is 2.03. The average Bonchev–Trinajstić information content (AvgIpc) is 3.47. The molecule has 4 N–H and O–H groups in total. The molecule has 0 aromatic carbocycles. The Morgan fingerprint density at radius 3 is 2.75 bits per heavy atom. The van der Waals surface area contributed by atoms with Gasteiger partial charge in [-0.1, -0.05) is 6.07 Å². The number of fused-ring (bicyclic) bond motifs is 1. The Morgan fingerprint density at radius 1 is 1.22 bits per heavy atom. The van der Waals surface area contributed by atoms with Crippen molar-refractivity contribution in [1.82, 2.24) is 24.7 Å². The SMILES string of the molecule is Cn1cc(-c2cccc(NC(=O)c3cc4oc(NCCO)nc4nc3N3CCC(C)(O)CC3)n2)cn1. The third-order valence-corrected chi connectivity index (χ3v) is 6.13. The Bertz CT molecular complexity index is 1390. The van der Waals surface area contributed by atoms with E-state index in [-0.39, 0.29) is 19.2 Å². The minimum absolute atomic E-state index is 0.0795. The molecule has 0 unspecified atom stereocenters. The molecule has 0 bridgehead atoms. The lowest BCUT2D eigenvalue weighted by Crippen LogP contribution is -2.43. The van der Waals surface area contributed by atoms with Crippen molar-refractivity contribution in [3.05, 3.63) is 42.2 Å². The Kier molecular flexibility index (Phi) is 6.29. The van der Waals surface area contributed by atoms with Crippen LogP contribution >= 0.6 is 0 Å². The van der Waals surface area contributed by atoms with E-state index in [1.54, 1.807) is 23.0 Å². The number of pyridine rings is 2. The highest BCUT2D eigenvalue weighted by Crippen LogP contribution is 2.31. The summed E-state index contributed by atoms with van der Waals surface area (Å²) in [6.07, 6.45) is 4.65. The quantitative estimate of drug-likeness (QED) is 0.301. The van der Waals surface area contributed by atoms with Gasteiger partial charge in [0.25, 0.3) is 11.9 Å². The van der Waals surface area contributed by atoms with Gasteiger partial charge in [-0.2, -0.15) is 10.1 Å². The van der Waals surface area contributed by atoms with Crippen molar-refractivity contribution in [1.29, 1.82) is 0 Å². The number of hydrogen-bond acceptors (Lipinski definition) is 10. The van der Waals surface area contributed by atoms with Crippen LogP contribution in [0.4, 0.5) is 17.7 Å². The minimum Gasteiger partial charge on any atom is -0.422 e. The van der Waals surface area contributed by atoms with Crippen LogP contribution < -0.4 is 15.5 Å². The molecule has 0 radical (unpaired) electrons. The standard InChI is InChI=1S/C24H28N8O4/c1-24(35)6-9-32(10-7-24)21-16(12-18-20(29-21)30-23(36-18)25-8-11-33)22(34)28-19-5-3-4-17(27-19)15-13-26-31(2)14-15/h3-5,12-14,33,35H,6-11H2,1-2H3,(H,25,29,30)(H,27,28,34). The number of aryl methyl sites for hydroxylation is 1. The summed E-state index contributed by atoms with van der Waals surface area (Å²) in [4.78, 5) is 29.0. The normalized spacial score (nSPS) is 15.3. The molecule has 0 saturated carbocycles. The van der Waals surface area contributed by atoms with E-state index in [9.17, 15) is 9.90 Å². The smallest absolute Gasteiger partial charge is 0.297 e. The molecular weight excluding hydrogens is 464 g/mol. The van der Waals surface area contributed by atoms with Crippen molar-refractivity contribution in [2.24, 2.45) is 7.05 Å². The fourth-order valence-electron chi connectivity index (χ4n) is 4.10. The van der Waals surface area contributed by atoms with Crippen LogP contribution in [0, 0.1) is 0 Å². The van der Waals surface area contributed by atoms with Crippen LogP contribution in [0.1, 0.15) is 30.1 Å². The molecular formula is C24H28N8O4. The molecule has 188 valence electrons. The number of aromatic nitrogens is 5. The molecule has 0 aliphatic carbocycles. The fraction of sp³-hybridized carbons (Fsp3) is 0.375. The van der Waals surface area contributed by atoms with Gasteiger partial charge in [0.15, 0.2) is 5.58 Å². The number of carbonyl (C=O) groups is 1. The number of amides is 1. The van der Waals surface area contributed by atoms with Gasteiger partial charge in [0, 0.05) is 44.5 Å². The second-order valence-electron chi connectivity index (χ2n) is 9.10. The summed E-state index contributed by atoms with van der Waals surface area (Å²) < 4.78 is 7.39. The first-order valence-corrected chi connectivity index (χ1v) is 11.7. The molecule has 1 aliphatic heterocycles. The summed E-state index contributed by atoms with van der Waals surface area (Å²) >= 11 is 0. The second kappa shape index (κ2) is 9.55. The highest BCUT2D eigenvalue weighted by Gasteiger charge is 2.31. The van der Waals surface area contributed by atoms with Crippen LogP contribution in [0.3, 0.4) is 0 Å². The molecule has 1 amide bonds. The van der Waals surface area contributed by atoms with Crippen LogP contribution in [-0.4, -0.2) is 72.7 Å². The number of rotatable bonds is 7. The first kappa shape index (κ1) is 23.7. The first-order chi connectivity index (χ1) is 17.3. The van der Waals surface area contributed by atoms with Crippen molar-refractivity contribution < 1.29 is 19.4 Å². The van der Waals surface area contributed by atoms with E-state index in [2.05, 4.69) is 30.7 Å². The van der Waals surface area contributed by atoms with E-state index in [0.29, 0.717) is 60.1 Å². The Balaban J connectivity index is 1.47. The molecule has 5 heterocycles. The zero-order chi connectivity index (χ0) is 25.3. The number of hydrogen-bond donors (Lipinski definition) is 4. The van der Waals surface area contributed by atoms with Crippen molar-refractivity contribution >= 4 is 34.8 Å². The first-order valence-electron chi connectivity index (χ1n) is 11.7. The van der Waals surface area contributed by atoms with Crippen molar-refractivity contribution in [3.8, 4) is 11.3 Å². The molecule has 36 heavy (non-hydrogen) atoms. The van der Waals surface area contributed by atoms with Gasteiger partial charge in [0.05, 0.1) is 29.7 Å². The molecule has 1 saturated heterocycles. The van der Waals surface area contributed by atoms with Gasteiger partial charge in [0.2, 0.25) is 5.65 Å². The topological polar surface area (TPSA) is 154 Å². The van der Waals surface area contributed by atoms with Gasteiger partial charge in [-0.15, -0.1) is 0 Å². The number of aliphatic hydroxyl groups is 2. The summed E-state index contributed by atoms with van der Waals surface area (Å²) in [6, 6.07) is 7.20. The molecule has 4 aromatic heterocycles. The van der Waals surface area contributed by atoms with E-state index in [1.165, 1.54) is 0 Å². The Labute approximate surface area is 207 Å². The molecule has 1 fully saturated rings. The number of carbonyl (C=O) groups excluding carboxylic acids is 1. The largest absolute Gasteiger partial charge is 0.422 e. The molecule has 1 aliphatic rings. The van der Waals surface area contributed by atoms with E-state index in [4.69, 9.17) is 9.52 Å². The molecule has 0 spiro atoms. The number of nitrogens with zero attached hydrogens (tertiary/aromatic N) is 6. The maximum atomic E-state index is 13.5. The van der Waals surface area contributed by atoms with Gasteiger partial charge in [-0.3, -0.25) is 9.48 Å². The summed E-state index contributed by atoms with van der Waals surface area (Å²) in [5.41, 5.74) is 1.75. The summed E-state index contributed by atoms with van der Waals surface area (Å²) in [5, 5.41) is 29.4. The lowest BCUT2D eigenvalue weighted by molar-refractivity contribution is 0.0350. The maximum absolute atomic E-state index is 13.5. The number of oxazole rings is 1. The molecule has 5 rings (SSSR count). The molecule has 4 aromatic rings. The summed E-state index contributed by atoms with van der Waals surface area (Å²) in [5.74, 6) is 0.451. The number of nitrogens with one attached hydrogen (secondary N) is 2. The van der Waals surface area contributed by atoms with Crippen LogP contribution in [0.25, 0.3) is 22.5 Å². The Morgan fingerprint density at radius 2 is 2.03 bits per heavy atom. The molecule has 12 nitrogen and oxygen atoms in total. The van der Waals surface area contributed by atoms with Crippen molar-refractivity contribution in [2.45, 2.75) is 25.4 Å². The average molecular weight is 493 g/mol. The lowest BCUT2D eigenvalue weighted by atomic mass is 9.93. The van der Waals surface area contributed by atoms with Gasteiger partial charge in [-0.25, -0.2) is 9.97 Å². The van der Waals surface area contributed by atoms with E-state index in [0.717, 1.165) is 5.56 Å². The second-order valence-corrected chi connectivity index (χ2v) is 9.10. The van der Waals surface area contributed by atoms with Gasteiger partial charge in [-0.05, 0) is 31.9 Å². The number of aliphatic hydroxyl groups excluding tert-OH is 1. The van der Waals surface area contributed by atoms with Crippen LogP contribution in [0.5, 0.6) is 0 Å².